The van der Waals surface area contributed by atoms with Crippen LogP contribution in [0.15, 0.2) is 24.3 Å². The molecule has 1 N–H and O–H groups in total. The van der Waals surface area contributed by atoms with Gasteiger partial charge in [-0.2, -0.15) is 0 Å². The quantitative estimate of drug-likeness (QED) is 0.894. The highest BCUT2D eigenvalue weighted by Crippen LogP contribution is 2.38. The lowest BCUT2D eigenvalue weighted by Gasteiger charge is -2.37. The van der Waals surface area contributed by atoms with Crippen molar-refractivity contribution in [3.63, 3.8) is 0 Å². The van der Waals surface area contributed by atoms with Crippen molar-refractivity contribution in [3.8, 4) is 0 Å². The average molecular weight is 290 g/mol. The van der Waals surface area contributed by atoms with Gasteiger partial charge >= 0.3 is 0 Å². The molecule has 1 aromatic carbocycles. The van der Waals surface area contributed by atoms with E-state index in [1.54, 1.807) is 12.1 Å². The predicted octanol–water partition coefficient (Wildman–Crippen LogP) is 3.39. The monoisotopic (exact) mass is 290 g/mol. The molecule has 2 nitrogen and oxygen atoms in total. The molecule has 1 aliphatic carbocycles. The molecule has 1 saturated carbocycles. The van der Waals surface area contributed by atoms with Crippen LogP contribution in [0.2, 0.25) is 0 Å². The zero-order valence-corrected chi connectivity index (χ0v) is 13.0. The lowest BCUT2D eigenvalue weighted by Crippen LogP contribution is -2.41. The fourth-order valence-corrected chi connectivity index (χ4v) is 3.69. The van der Waals surface area contributed by atoms with Crippen LogP contribution in [0.4, 0.5) is 4.39 Å². The van der Waals surface area contributed by atoms with Gasteiger partial charge in [-0.25, -0.2) is 4.39 Å². The van der Waals surface area contributed by atoms with Gasteiger partial charge in [-0.1, -0.05) is 18.2 Å². The number of nitrogens with one attached hydrogen (secondary N) is 1. The number of rotatable bonds is 5. The molecule has 116 valence electrons. The van der Waals surface area contributed by atoms with E-state index >= 15 is 0 Å². The summed E-state index contributed by atoms with van der Waals surface area (Å²) in [5.41, 5.74) is 0.908. The summed E-state index contributed by atoms with van der Waals surface area (Å²) in [4.78, 5) is 2.43. The van der Waals surface area contributed by atoms with E-state index in [1.165, 1.54) is 32.4 Å². The molecule has 0 unspecified atom stereocenters. The van der Waals surface area contributed by atoms with Crippen molar-refractivity contribution in [2.24, 2.45) is 5.92 Å². The van der Waals surface area contributed by atoms with Crippen LogP contribution in [0.1, 0.15) is 43.6 Å². The molecule has 1 saturated heterocycles. The number of benzene rings is 1. The normalized spacial score (nSPS) is 27.5. The SMILES string of the molecule is CN1CCC(CCNC2CC(c3ccccc3F)C2)CC1. The van der Waals surface area contributed by atoms with Gasteiger partial charge in [0.25, 0.3) is 0 Å². The molecule has 1 aliphatic heterocycles. The van der Waals surface area contributed by atoms with E-state index in [1.807, 2.05) is 12.1 Å². The standard InChI is InChI=1S/C18H27FN2/c1-21-10-7-14(8-11-21)6-9-20-16-12-15(13-16)17-4-2-3-5-18(17)19/h2-5,14-16,20H,6-13H2,1H3. The van der Waals surface area contributed by atoms with Crippen molar-refractivity contribution in [1.82, 2.24) is 10.2 Å². The number of nitrogens with zero attached hydrogens (tertiary/aromatic N) is 1. The Kier molecular flexibility index (Phi) is 4.91. The molecule has 2 fully saturated rings. The van der Waals surface area contributed by atoms with Crippen LogP contribution in [-0.2, 0) is 0 Å². The second kappa shape index (κ2) is 6.89. The van der Waals surface area contributed by atoms with Gasteiger partial charge in [-0.3, -0.25) is 0 Å². The third-order valence-corrected chi connectivity index (χ3v) is 5.31. The Labute approximate surface area is 127 Å². The largest absolute Gasteiger partial charge is 0.314 e. The summed E-state index contributed by atoms with van der Waals surface area (Å²) in [5.74, 6) is 1.29. The Morgan fingerprint density at radius 2 is 1.90 bits per heavy atom. The number of piperidine rings is 1. The van der Waals surface area contributed by atoms with E-state index < -0.39 is 0 Å². The smallest absolute Gasteiger partial charge is 0.126 e. The van der Waals surface area contributed by atoms with Crippen LogP contribution in [0.25, 0.3) is 0 Å². The van der Waals surface area contributed by atoms with Gasteiger partial charge in [0.15, 0.2) is 0 Å². The van der Waals surface area contributed by atoms with Gasteiger partial charge in [0.2, 0.25) is 0 Å². The Hall–Kier alpha value is -0.930. The summed E-state index contributed by atoms with van der Waals surface area (Å²) in [6.45, 7) is 3.63. The highest BCUT2D eigenvalue weighted by molar-refractivity contribution is 5.24. The molecule has 3 rings (SSSR count). The number of halogens is 1. The van der Waals surface area contributed by atoms with Crippen molar-refractivity contribution in [2.45, 2.75) is 44.1 Å². The summed E-state index contributed by atoms with van der Waals surface area (Å²) in [5, 5.41) is 3.66. The fraction of sp³-hybridized carbons (Fsp3) is 0.667. The predicted molar refractivity (Wildman–Crippen MR) is 85.0 cm³/mol. The highest BCUT2D eigenvalue weighted by Gasteiger charge is 2.31. The van der Waals surface area contributed by atoms with Gasteiger partial charge in [0.1, 0.15) is 5.82 Å². The Morgan fingerprint density at radius 3 is 2.62 bits per heavy atom. The molecular formula is C18H27FN2. The van der Waals surface area contributed by atoms with Crippen molar-refractivity contribution in [2.75, 3.05) is 26.7 Å². The number of likely N-dealkylation sites (tertiary alicyclic amines) is 1. The van der Waals surface area contributed by atoms with Crippen molar-refractivity contribution in [1.29, 1.82) is 0 Å². The van der Waals surface area contributed by atoms with Crippen molar-refractivity contribution in [3.05, 3.63) is 35.6 Å². The van der Waals surface area contributed by atoms with E-state index in [2.05, 4.69) is 17.3 Å². The van der Waals surface area contributed by atoms with Crippen LogP contribution in [0.3, 0.4) is 0 Å². The first kappa shape index (κ1) is 15.0. The summed E-state index contributed by atoms with van der Waals surface area (Å²) < 4.78 is 13.7. The van der Waals surface area contributed by atoms with Crippen LogP contribution < -0.4 is 5.32 Å². The molecule has 0 bridgehead atoms. The summed E-state index contributed by atoms with van der Waals surface area (Å²) in [6, 6.07) is 7.83. The van der Waals surface area contributed by atoms with Gasteiger partial charge < -0.3 is 10.2 Å². The second-order valence-electron chi connectivity index (χ2n) is 6.88. The van der Waals surface area contributed by atoms with E-state index in [-0.39, 0.29) is 5.82 Å². The van der Waals surface area contributed by atoms with Crippen LogP contribution in [-0.4, -0.2) is 37.6 Å². The van der Waals surface area contributed by atoms with Crippen molar-refractivity contribution >= 4 is 0 Å². The fourth-order valence-electron chi connectivity index (χ4n) is 3.69. The lowest BCUT2D eigenvalue weighted by atomic mass is 9.75. The van der Waals surface area contributed by atoms with E-state index in [4.69, 9.17) is 0 Å². The molecule has 3 heteroatoms. The molecule has 21 heavy (non-hydrogen) atoms. The topological polar surface area (TPSA) is 15.3 Å². The van der Waals surface area contributed by atoms with Gasteiger partial charge in [0.05, 0.1) is 0 Å². The van der Waals surface area contributed by atoms with Crippen molar-refractivity contribution < 1.29 is 4.39 Å². The Morgan fingerprint density at radius 1 is 1.19 bits per heavy atom. The van der Waals surface area contributed by atoms with Crippen LogP contribution in [0.5, 0.6) is 0 Å². The Balaban J connectivity index is 1.33. The molecule has 1 heterocycles. The number of hydrogen-bond donors (Lipinski definition) is 1. The molecule has 0 radical (unpaired) electrons. The zero-order valence-electron chi connectivity index (χ0n) is 13.0. The second-order valence-corrected chi connectivity index (χ2v) is 6.88. The molecule has 0 aromatic heterocycles. The van der Waals surface area contributed by atoms with E-state index in [9.17, 15) is 4.39 Å². The highest BCUT2D eigenvalue weighted by atomic mass is 19.1. The summed E-state index contributed by atoms with van der Waals surface area (Å²) in [6.07, 6.45) is 6.18. The molecule has 2 aliphatic rings. The first-order valence-corrected chi connectivity index (χ1v) is 8.38. The molecule has 0 atom stereocenters. The maximum absolute atomic E-state index is 13.7. The van der Waals surface area contributed by atoms with Gasteiger partial charge in [-0.15, -0.1) is 0 Å². The molecule has 1 aromatic rings. The zero-order chi connectivity index (χ0) is 14.7. The van der Waals surface area contributed by atoms with Crippen LogP contribution >= 0.6 is 0 Å². The lowest BCUT2D eigenvalue weighted by molar-refractivity contribution is 0.205. The summed E-state index contributed by atoms with van der Waals surface area (Å²) >= 11 is 0. The molecule has 0 spiro atoms. The number of hydrogen-bond acceptors (Lipinski definition) is 2. The van der Waals surface area contributed by atoms with Gasteiger partial charge in [-0.05, 0) is 82.3 Å². The summed E-state index contributed by atoms with van der Waals surface area (Å²) in [7, 11) is 2.21. The minimum Gasteiger partial charge on any atom is -0.314 e. The molecule has 0 amide bonds. The third-order valence-electron chi connectivity index (χ3n) is 5.31. The first-order valence-electron chi connectivity index (χ1n) is 8.38. The van der Waals surface area contributed by atoms with E-state index in [0.29, 0.717) is 12.0 Å². The minimum atomic E-state index is -0.0349. The maximum atomic E-state index is 13.7. The van der Waals surface area contributed by atoms with E-state index in [0.717, 1.165) is 30.9 Å². The van der Waals surface area contributed by atoms with Gasteiger partial charge in [0, 0.05) is 6.04 Å². The first-order chi connectivity index (χ1) is 10.2. The Bertz CT molecular complexity index is 448. The maximum Gasteiger partial charge on any atom is 0.126 e. The third kappa shape index (κ3) is 3.83. The average Bonchev–Trinajstić information content (AvgIpc) is 2.45. The molecular weight excluding hydrogens is 263 g/mol. The van der Waals surface area contributed by atoms with Crippen LogP contribution in [0, 0.1) is 11.7 Å². The minimum absolute atomic E-state index is 0.0349.